The van der Waals surface area contributed by atoms with Gasteiger partial charge in [-0.05, 0) is 42.0 Å². The van der Waals surface area contributed by atoms with Crippen LogP contribution in [0.4, 0.5) is 0 Å². The van der Waals surface area contributed by atoms with Gasteiger partial charge in [-0.15, -0.1) is 0 Å². The molecule has 1 aromatic heterocycles. The number of nitrogens with zero attached hydrogens (tertiary/aromatic N) is 1. The molecule has 0 aliphatic carbocycles. The van der Waals surface area contributed by atoms with Crippen LogP contribution in [0.15, 0.2) is 70.4 Å². The van der Waals surface area contributed by atoms with Gasteiger partial charge in [0.25, 0.3) is 5.91 Å². The third-order valence-corrected chi connectivity index (χ3v) is 3.31. The SMILES string of the molecule is C[C@@H](Oc1ccc2ccccc2c1)C(=O)N/N=C\c1ccco1. The number of ether oxygens (including phenoxy) is 1. The van der Waals surface area contributed by atoms with E-state index in [0.29, 0.717) is 11.5 Å². The average Bonchev–Trinajstić information content (AvgIpc) is 3.08. The van der Waals surface area contributed by atoms with Gasteiger partial charge in [-0.3, -0.25) is 4.79 Å². The molecule has 0 bridgehead atoms. The lowest BCUT2D eigenvalue weighted by molar-refractivity contribution is -0.127. The molecule has 1 heterocycles. The van der Waals surface area contributed by atoms with Crippen molar-refractivity contribution >= 4 is 22.9 Å². The zero-order valence-electron chi connectivity index (χ0n) is 12.6. The maximum absolute atomic E-state index is 12.0. The van der Waals surface area contributed by atoms with E-state index >= 15 is 0 Å². The summed E-state index contributed by atoms with van der Waals surface area (Å²) in [6, 6.07) is 17.2. The first-order valence-electron chi connectivity index (χ1n) is 7.24. The van der Waals surface area contributed by atoms with Crippen LogP contribution < -0.4 is 10.2 Å². The molecule has 1 amide bonds. The van der Waals surface area contributed by atoms with Crippen LogP contribution in [0.3, 0.4) is 0 Å². The van der Waals surface area contributed by atoms with E-state index in [0.717, 1.165) is 10.8 Å². The quantitative estimate of drug-likeness (QED) is 0.580. The number of carbonyl (C=O) groups is 1. The number of rotatable bonds is 5. The van der Waals surface area contributed by atoms with E-state index in [1.807, 2.05) is 42.5 Å². The van der Waals surface area contributed by atoms with Crippen molar-refractivity contribution in [1.82, 2.24) is 5.43 Å². The van der Waals surface area contributed by atoms with E-state index in [-0.39, 0.29) is 5.91 Å². The van der Waals surface area contributed by atoms with Gasteiger partial charge in [-0.2, -0.15) is 5.10 Å². The van der Waals surface area contributed by atoms with Gasteiger partial charge in [0, 0.05) is 0 Å². The summed E-state index contributed by atoms with van der Waals surface area (Å²) < 4.78 is 10.7. The number of hydrazone groups is 1. The molecule has 5 nitrogen and oxygen atoms in total. The van der Waals surface area contributed by atoms with Crippen molar-refractivity contribution in [2.24, 2.45) is 5.10 Å². The molecule has 1 N–H and O–H groups in total. The normalized spacial score (nSPS) is 12.4. The lowest BCUT2D eigenvalue weighted by Gasteiger charge is -2.13. The first-order chi connectivity index (χ1) is 11.2. The molecule has 1 atom stereocenters. The van der Waals surface area contributed by atoms with Gasteiger partial charge in [0.15, 0.2) is 6.10 Å². The molecular formula is C18H16N2O3. The third kappa shape index (κ3) is 3.77. The first kappa shape index (κ1) is 14.8. The zero-order chi connectivity index (χ0) is 16.1. The summed E-state index contributed by atoms with van der Waals surface area (Å²) in [4.78, 5) is 12.0. The summed E-state index contributed by atoms with van der Waals surface area (Å²) in [7, 11) is 0. The number of furan rings is 1. The smallest absolute Gasteiger partial charge is 0.280 e. The fourth-order valence-electron chi connectivity index (χ4n) is 2.11. The molecule has 0 aliphatic heterocycles. The monoisotopic (exact) mass is 308 g/mol. The standard InChI is InChI=1S/C18H16N2O3/c1-13(18(21)20-19-12-17-7-4-10-22-17)23-16-9-8-14-5-2-3-6-15(14)11-16/h2-13H,1H3,(H,20,21)/b19-12-/t13-/m1/s1. The maximum atomic E-state index is 12.0. The van der Waals surface area contributed by atoms with Gasteiger partial charge in [0.2, 0.25) is 0 Å². The van der Waals surface area contributed by atoms with Gasteiger partial charge in [-0.25, -0.2) is 5.43 Å². The number of fused-ring (bicyclic) bond motifs is 1. The predicted octanol–water partition coefficient (Wildman–Crippen LogP) is 3.35. The Bertz CT molecular complexity index is 825. The molecule has 0 aliphatic rings. The van der Waals surface area contributed by atoms with Gasteiger partial charge >= 0.3 is 0 Å². The number of hydrogen-bond donors (Lipinski definition) is 1. The highest BCUT2D eigenvalue weighted by atomic mass is 16.5. The fourth-order valence-corrected chi connectivity index (χ4v) is 2.11. The first-order valence-corrected chi connectivity index (χ1v) is 7.24. The Kier molecular flexibility index (Phi) is 4.38. The van der Waals surface area contributed by atoms with Crippen LogP contribution in [0.25, 0.3) is 10.8 Å². The van der Waals surface area contributed by atoms with Crippen molar-refractivity contribution in [1.29, 1.82) is 0 Å². The van der Waals surface area contributed by atoms with Crippen molar-refractivity contribution in [2.75, 3.05) is 0 Å². The second kappa shape index (κ2) is 6.79. The van der Waals surface area contributed by atoms with Gasteiger partial charge in [-0.1, -0.05) is 30.3 Å². The van der Waals surface area contributed by atoms with Crippen LogP contribution in [0.2, 0.25) is 0 Å². The van der Waals surface area contributed by atoms with Crippen molar-refractivity contribution in [2.45, 2.75) is 13.0 Å². The number of hydrogen-bond acceptors (Lipinski definition) is 4. The lowest BCUT2D eigenvalue weighted by Crippen LogP contribution is -2.33. The minimum atomic E-state index is -0.662. The van der Waals surface area contributed by atoms with Crippen LogP contribution in [0.1, 0.15) is 12.7 Å². The molecule has 0 unspecified atom stereocenters. The van der Waals surface area contributed by atoms with Gasteiger partial charge < -0.3 is 9.15 Å². The molecule has 0 radical (unpaired) electrons. The van der Waals surface area contributed by atoms with Gasteiger partial charge in [0.05, 0.1) is 12.5 Å². The summed E-state index contributed by atoms with van der Waals surface area (Å²) in [6.45, 7) is 1.67. The Morgan fingerprint density at radius 3 is 2.78 bits per heavy atom. The minimum absolute atomic E-state index is 0.332. The second-order valence-electron chi connectivity index (χ2n) is 5.02. The molecular weight excluding hydrogens is 292 g/mol. The highest BCUT2D eigenvalue weighted by Gasteiger charge is 2.14. The second-order valence-corrected chi connectivity index (χ2v) is 5.02. The van der Waals surface area contributed by atoms with Crippen molar-refractivity contribution in [3.05, 3.63) is 66.6 Å². The van der Waals surface area contributed by atoms with E-state index in [1.54, 1.807) is 19.1 Å². The predicted molar refractivity (Wildman–Crippen MR) is 88.5 cm³/mol. The molecule has 0 spiro atoms. The minimum Gasteiger partial charge on any atom is -0.481 e. The van der Waals surface area contributed by atoms with E-state index < -0.39 is 6.10 Å². The van der Waals surface area contributed by atoms with Crippen molar-refractivity contribution < 1.29 is 13.9 Å². The highest BCUT2D eigenvalue weighted by molar-refractivity contribution is 5.85. The Hall–Kier alpha value is -3.08. The van der Waals surface area contributed by atoms with E-state index in [9.17, 15) is 4.79 Å². The van der Waals surface area contributed by atoms with Crippen molar-refractivity contribution in [3.63, 3.8) is 0 Å². The molecule has 2 aromatic carbocycles. The summed E-state index contributed by atoms with van der Waals surface area (Å²) in [5.41, 5.74) is 2.42. The van der Waals surface area contributed by atoms with Crippen molar-refractivity contribution in [3.8, 4) is 5.75 Å². The summed E-state index contributed by atoms with van der Waals surface area (Å²) in [5, 5.41) is 6.02. The number of nitrogens with one attached hydrogen (secondary N) is 1. The number of benzene rings is 2. The van der Waals surface area contributed by atoms with E-state index in [2.05, 4.69) is 10.5 Å². The maximum Gasteiger partial charge on any atom is 0.280 e. The molecule has 116 valence electrons. The lowest BCUT2D eigenvalue weighted by atomic mass is 10.1. The Morgan fingerprint density at radius 1 is 1.17 bits per heavy atom. The van der Waals surface area contributed by atoms with Crippen LogP contribution in [0, 0.1) is 0 Å². The summed E-state index contributed by atoms with van der Waals surface area (Å²) in [6.07, 6.45) is 2.31. The number of amides is 1. The number of carbonyl (C=O) groups excluding carboxylic acids is 1. The largest absolute Gasteiger partial charge is 0.481 e. The summed E-state index contributed by atoms with van der Waals surface area (Å²) >= 11 is 0. The zero-order valence-corrected chi connectivity index (χ0v) is 12.6. The molecule has 5 heteroatoms. The van der Waals surface area contributed by atoms with E-state index in [4.69, 9.17) is 9.15 Å². The molecule has 0 saturated heterocycles. The molecule has 3 rings (SSSR count). The average molecular weight is 308 g/mol. The van der Waals surface area contributed by atoms with Gasteiger partial charge in [0.1, 0.15) is 11.5 Å². The van der Waals surface area contributed by atoms with Crippen LogP contribution in [0.5, 0.6) is 5.75 Å². The summed E-state index contributed by atoms with van der Waals surface area (Å²) in [5.74, 6) is 0.871. The molecule has 0 saturated carbocycles. The third-order valence-electron chi connectivity index (χ3n) is 3.31. The molecule has 3 aromatic rings. The molecule has 0 fully saturated rings. The fraction of sp³-hybridized carbons (Fsp3) is 0.111. The van der Waals surface area contributed by atoms with Crippen LogP contribution >= 0.6 is 0 Å². The molecule has 23 heavy (non-hydrogen) atoms. The van der Waals surface area contributed by atoms with E-state index in [1.165, 1.54) is 12.5 Å². The van der Waals surface area contributed by atoms with Crippen LogP contribution in [-0.2, 0) is 4.79 Å². The highest BCUT2D eigenvalue weighted by Crippen LogP contribution is 2.21. The van der Waals surface area contributed by atoms with Crippen LogP contribution in [-0.4, -0.2) is 18.2 Å². The Labute approximate surface area is 133 Å². The Morgan fingerprint density at radius 2 is 2.00 bits per heavy atom. The Balaban J connectivity index is 1.60. The topological polar surface area (TPSA) is 63.8 Å².